The quantitative estimate of drug-likeness (QED) is 0.556. The summed E-state index contributed by atoms with van der Waals surface area (Å²) >= 11 is 0. The van der Waals surface area contributed by atoms with Gasteiger partial charge in [-0.3, -0.25) is 9.80 Å². The zero-order valence-corrected chi connectivity index (χ0v) is 17.0. The standard InChI is InChI=1S/C26H26F2N2/c27-24-10-6-22(7-11-24)26(23-8-12-25(28)13-9-23)14-15-29-16-18-30(19-17-29)20-21-4-2-1-3-5-21/h1-14H,15-20H2. The molecule has 0 aromatic heterocycles. The molecule has 1 heterocycles. The number of hydrogen-bond donors (Lipinski definition) is 0. The second-order valence-corrected chi connectivity index (χ2v) is 7.69. The molecule has 0 radical (unpaired) electrons. The Morgan fingerprint density at radius 2 is 1.17 bits per heavy atom. The van der Waals surface area contributed by atoms with Crippen molar-refractivity contribution in [1.29, 1.82) is 0 Å². The Kier molecular flexibility index (Phi) is 6.67. The van der Waals surface area contributed by atoms with Crippen LogP contribution in [-0.4, -0.2) is 42.5 Å². The van der Waals surface area contributed by atoms with Gasteiger partial charge in [-0.1, -0.05) is 60.7 Å². The van der Waals surface area contributed by atoms with Gasteiger partial charge in [0.05, 0.1) is 0 Å². The third-order valence-corrected chi connectivity index (χ3v) is 5.58. The van der Waals surface area contributed by atoms with Crippen molar-refractivity contribution < 1.29 is 8.78 Å². The SMILES string of the molecule is Fc1ccc(C(=CCN2CCN(Cc3ccccc3)CC2)c2ccc(F)cc2)cc1. The number of rotatable bonds is 6. The summed E-state index contributed by atoms with van der Waals surface area (Å²) < 4.78 is 26.8. The maximum Gasteiger partial charge on any atom is 0.123 e. The maximum atomic E-state index is 13.4. The highest BCUT2D eigenvalue weighted by atomic mass is 19.1. The first-order valence-electron chi connectivity index (χ1n) is 10.4. The van der Waals surface area contributed by atoms with Gasteiger partial charge in [-0.05, 0) is 46.5 Å². The molecule has 4 heteroatoms. The van der Waals surface area contributed by atoms with Crippen molar-refractivity contribution in [2.75, 3.05) is 32.7 Å². The number of hydrogen-bond acceptors (Lipinski definition) is 2. The molecule has 0 bridgehead atoms. The number of halogens is 2. The largest absolute Gasteiger partial charge is 0.297 e. The van der Waals surface area contributed by atoms with E-state index in [9.17, 15) is 8.78 Å². The lowest BCUT2D eigenvalue weighted by atomic mass is 9.97. The summed E-state index contributed by atoms with van der Waals surface area (Å²) in [5.41, 5.74) is 4.22. The molecule has 4 rings (SSSR count). The fourth-order valence-corrected chi connectivity index (χ4v) is 3.85. The van der Waals surface area contributed by atoms with Gasteiger partial charge in [-0.25, -0.2) is 8.78 Å². The minimum atomic E-state index is -0.258. The van der Waals surface area contributed by atoms with Crippen LogP contribution in [0, 0.1) is 11.6 Å². The van der Waals surface area contributed by atoms with E-state index in [0.717, 1.165) is 56.0 Å². The van der Waals surface area contributed by atoms with Gasteiger partial charge in [0.15, 0.2) is 0 Å². The summed E-state index contributed by atoms with van der Waals surface area (Å²) in [6, 6.07) is 23.6. The van der Waals surface area contributed by atoms with Crippen LogP contribution in [0.1, 0.15) is 16.7 Å². The molecule has 0 unspecified atom stereocenters. The Balaban J connectivity index is 1.43. The molecule has 0 amide bonds. The summed E-state index contributed by atoms with van der Waals surface area (Å²) in [6.07, 6.45) is 2.17. The van der Waals surface area contributed by atoms with E-state index in [0.29, 0.717) is 0 Å². The van der Waals surface area contributed by atoms with Gasteiger partial charge in [-0.2, -0.15) is 0 Å². The van der Waals surface area contributed by atoms with Crippen molar-refractivity contribution in [2.45, 2.75) is 6.54 Å². The number of piperazine rings is 1. The number of benzene rings is 3. The van der Waals surface area contributed by atoms with E-state index in [4.69, 9.17) is 0 Å². The van der Waals surface area contributed by atoms with Crippen LogP contribution < -0.4 is 0 Å². The highest BCUT2D eigenvalue weighted by Crippen LogP contribution is 2.24. The average Bonchev–Trinajstić information content (AvgIpc) is 2.78. The Hall–Kier alpha value is -2.82. The van der Waals surface area contributed by atoms with Crippen molar-refractivity contribution in [3.05, 3.63) is 113 Å². The summed E-state index contributed by atoms with van der Waals surface area (Å²) in [5, 5.41) is 0. The minimum absolute atomic E-state index is 0.258. The topological polar surface area (TPSA) is 6.48 Å². The number of nitrogens with zero attached hydrogens (tertiary/aromatic N) is 2. The zero-order chi connectivity index (χ0) is 20.8. The predicted molar refractivity (Wildman–Crippen MR) is 118 cm³/mol. The lowest BCUT2D eigenvalue weighted by Crippen LogP contribution is -2.45. The van der Waals surface area contributed by atoms with Gasteiger partial charge >= 0.3 is 0 Å². The third kappa shape index (κ3) is 5.41. The van der Waals surface area contributed by atoms with Crippen molar-refractivity contribution in [1.82, 2.24) is 9.80 Å². The molecule has 0 spiro atoms. The molecule has 0 atom stereocenters. The molecular formula is C26H26F2N2. The van der Waals surface area contributed by atoms with E-state index in [1.807, 2.05) is 6.07 Å². The second-order valence-electron chi connectivity index (χ2n) is 7.69. The molecule has 1 aliphatic rings. The van der Waals surface area contributed by atoms with E-state index < -0.39 is 0 Å². The molecule has 0 saturated carbocycles. The van der Waals surface area contributed by atoms with Crippen LogP contribution in [0.25, 0.3) is 5.57 Å². The lowest BCUT2D eigenvalue weighted by molar-refractivity contribution is 0.137. The Bertz CT molecular complexity index is 911. The van der Waals surface area contributed by atoms with Gasteiger partial charge in [0.2, 0.25) is 0 Å². The molecule has 3 aromatic carbocycles. The zero-order valence-electron chi connectivity index (χ0n) is 17.0. The van der Waals surface area contributed by atoms with Crippen molar-refractivity contribution in [3.63, 3.8) is 0 Å². The summed E-state index contributed by atoms with van der Waals surface area (Å²) in [4.78, 5) is 4.91. The van der Waals surface area contributed by atoms with E-state index in [-0.39, 0.29) is 11.6 Å². The van der Waals surface area contributed by atoms with Gasteiger partial charge in [0.25, 0.3) is 0 Å². The summed E-state index contributed by atoms with van der Waals surface area (Å²) in [5.74, 6) is -0.515. The van der Waals surface area contributed by atoms with Gasteiger partial charge in [0.1, 0.15) is 11.6 Å². The van der Waals surface area contributed by atoms with Crippen molar-refractivity contribution in [3.8, 4) is 0 Å². The molecule has 0 N–H and O–H groups in total. The lowest BCUT2D eigenvalue weighted by Gasteiger charge is -2.34. The second kappa shape index (κ2) is 9.79. The van der Waals surface area contributed by atoms with E-state index in [2.05, 4.69) is 40.1 Å². The smallest absolute Gasteiger partial charge is 0.123 e. The molecular weight excluding hydrogens is 378 g/mol. The molecule has 1 aliphatic heterocycles. The molecule has 1 saturated heterocycles. The fraction of sp³-hybridized carbons (Fsp3) is 0.231. The first kappa shape index (κ1) is 20.5. The molecule has 30 heavy (non-hydrogen) atoms. The van der Waals surface area contributed by atoms with Crippen LogP contribution in [0.5, 0.6) is 0 Å². The Morgan fingerprint density at radius 3 is 1.70 bits per heavy atom. The fourth-order valence-electron chi connectivity index (χ4n) is 3.85. The van der Waals surface area contributed by atoms with Crippen molar-refractivity contribution >= 4 is 5.57 Å². The van der Waals surface area contributed by atoms with Crippen LogP contribution in [0.2, 0.25) is 0 Å². The summed E-state index contributed by atoms with van der Waals surface area (Å²) in [6.45, 7) is 5.87. The van der Waals surface area contributed by atoms with Crippen LogP contribution in [0.3, 0.4) is 0 Å². The molecule has 1 fully saturated rings. The normalized spacial score (nSPS) is 15.1. The Labute approximate surface area is 177 Å². The van der Waals surface area contributed by atoms with Crippen LogP contribution in [0.4, 0.5) is 8.78 Å². The van der Waals surface area contributed by atoms with Gasteiger partial charge in [-0.15, -0.1) is 0 Å². The highest BCUT2D eigenvalue weighted by Gasteiger charge is 2.16. The van der Waals surface area contributed by atoms with E-state index in [1.54, 1.807) is 24.3 Å². The molecule has 0 aliphatic carbocycles. The Morgan fingerprint density at radius 1 is 0.667 bits per heavy atom. The van der Waals surface area contributed by atoms with E-state index in [1.165, 1.54) is 29.8 Å². The molecule has 154 valence electrons. The first-order chi connectivity index (χ1) is 14.7. The molecule has 2 nitrogen and oxygen atoms in total. The van der Waals surface area contributed by atoms with Crippen LogP contribution in [-0.2, 0) is 6.54 Å². The maximum absolute atomic E-state index is 13.4. The minimum Gasteiger partial charge on any atom is -0.297 e. The molecule has 3 aromatic rings. The van der Waals surface area contributed by atoms with Gasteiger partial charge in [0, 0.05) is 39.3 Å². The van der Waals surface area contributed by atoms with E-state index >= 15 is 0 Å². The average molecular weight is 405 g/mol. The highest BCUT2D eigenvalue weighted by molar-refractivity contribution is 5.79. The van der Waals surface area contributed by atoms with Crippen LogP contribution >= 0.6 is 0 Å². The van der Waals surface area contributed by atoms with Gasteiger partial charge < -0.3 is 0 Å². The predicted octanol–water partition coefficient (Wildman–Crippen LogP) is 5.21. The third-order valence-electron chi connectivity index (χ3n) is 5.58. The van der Waals surface area contributed by atoms with Crippen LogP contribution in [0.15, 0.2) is 84.9 Å². The first-order valence-corrected chi connectivity index (χ1v) is 10.4. The monoisotopic (exact) mass is 404 g/mol. The summed E-state index contributed by atoms with van der Waals surface area (Å²) in [7, 11) is 0. The van der Waals surface area contributed by atoms with Crippen molar-refractivity contribution in [2.24, 2.45) is 0 Å².